The Labute approximate surface area is 97.5 Å². The molecule has 0 spiro atoms. The molecule has 0 fully saturated rings. The molecular formula is C12H14N2OS. The first-order chi connectivity index (χ1) is 7.65. The number of fused-ring (bicyclic) bond motifs is 3. The van der Waals surface area contributed by atoms with Gasteiger partial charge < -0.3 is 4.98 Å². The second kappa shape index (κ2) is 3.17. The molecule has 3 nitrogen and oxygen atoms in total. The SMILES string of the molecule is CCC1(C)CCc2sc3nc[nH]c(=O)c3c21. The molecule has 16 heavy (non-hydrogen) atoms. The predicted octanol–water partition coefficient (Wildman–Crippen LogP) is 2.60. The molecule has 0 aliphatic heterocycles. The molecule has 0 amide bonds. The molecular weight excluding hydrogens is 220 g/mol. The maximum atomic E-state index is 11.9. The van der Waals surface area contributed by atoms with Crippen LogP contribution in [0.4, 0.5) is 0 Å². The Balaban J connectivity index is 2.43. The van der Waals surface area contributed by atoms with E-state index >= 15 is 0 Å². The van der Waals surface area contributed by atoms with Gasteiger partial charge in [0.25, 0.3) is 5.56 Å². The van der Waals surface area contributed by atoms with Gasteiger partial charge in [-0.3, -0.25) is 4.79 Å². The van der Waals surface area contributed by atoms with Crippen molar-refractivity contribution in [2.75, 3.05) is 0 Å². The molecule has 1 unspecified atom stereocenters. The first-order valence-electron chi connectivity index (χ1n) is 5.65. The third-order valence-corrected chi connectivity index (χ3v) is 5.01. The largest absolute Gasteiger partial charge is 0.313 e. The summed E-state index contributed by atoms with van der Waals surface area (Å²) in [6.07, 6.45) is 4.84. The predicted molar refractivity (Wildman–Crippen MR) is 66.2 cm³/mol. The fraction of sp³-hybridized carbons (Fsp3) is 0.500. The van der Waals surface area contributed by atoms with Crippen LogP contribution in [0.5, 0.6) is 0 Å². The minimum atomic E-state index is 0.0177. The molecule has 84 valence electrons. The summed E-state index contributed by atoms with van der Waals surface area (Å²) >= 11 is 1.69. The van der Waals surface area contributed by atoms with Gasteiger partial charge in [0.2, 0.25) is 0 Å². The minimum Gasteiger partial charge on any atom is -0.313 e. The fourth-order valence-corrected chi connectivity index (χ4v) is 3.96. The zero-order valence-electron chi connectivity index (χ0n) is 9.46. The van der Waals surface area contributed by atoms with Crippen LogP contribution in [0.1, 0.15) is 37.1 Å². The van der Waals surface area contributed by atoms with Crippen LogP contribution in [-0.4, -0.2) is 9.97 Å². The highest BCUT2D eigenvalue weighted by molar-refractivity contribution is 7.18. The van der Waals surface area contributed by atoms with Crippen molar-refractivity contribution in [2.24, 2.45) is 0 Å². The number of rotatable bonds is 1. The summed E-state index contributed by atoms with van der Waals surface area (Å²) in [7, 11) is 0. The molecule has 2 aromatic rings. The van der Waals surface area contributed by atoms with Crippen LogP contribution in [0.15, 0.2) is 11.1 Å². The number of aryl methyl sites for hydroxylation is 1. The number of hydrogen-bond donors (Lipinski definition) is 1. The average molecular weight is 234 g/mol. The van der Waals surface area contributed by atoms with Crippen molar-refractivity contribution >= 4 is 21.6 Å². The summed E-state index contributed by atoms with van der Waals surface area (Å²) in [4.78, 5) is 21.1. The fourth-order valence-electron chi connectivity index (χ4n) is 2.67. The van der Waals surface area contributed by atoms with Crippen LogP contribution >= 0.6 is 11.3 Å². The topological polar surface area (TPSA) is 45.8 Å². The Bertz CT molecular complexity index is 613. The van der Waals surface area contributed by atoms with Gasteiger partial charge in [0, 0.05) is 4.88 Å². The number of H-pyrrole nitrogens is 1. The zero-order valence-corrected chi connectivity index (χ0v) is 10.3. The number of aromatic nitrogens is 2. The van der Waals surface area contributed by atoms with Gasteiger partial charge in [-0.1, -0.05) is 13.8 Å². The van der Waals surface area contributed by atoms with Gasteiger partial charge >= 0.3 is 0 Å². The Kier molecular flexibility index (Phi) is 1.98. The molecule has 0 bridgehead atoms. The quantitative estimate of drug-likeness (QED) is 0.824. The number of thiophene rings is 1. The van der Waals surface area contributed by atoms with Gasteiger partial charge in [0.15, 0.2) is 0 Å². The Morgan fingerprint density at radius 2 is 2.44 bits per heavy atom. The van der Waals surface area contributed by atoms with E-state index < -0.39 is 0 Å². The van der Waals surface area contributed by atoms with Gasteiger partial charge in [0.1, 0.15) is 4.83 Å². The molecule has 0 saturated heterocycles. The van der Waals surface area contributed by atoms with Crippen LogP contribution in [-0.2, 0) is 11.8 Å². The maximum Gasteiger partial charge on any atom is 0.259 e. The lowest BCUT2D eigenvalue weighted by molar-refractivity contribution is 0.455. The molecule has 0 aromatic carbocycles. The highest BCUT2D eigenvalue weighted by Crippen LogP contribution is 2.47. The van der Waals surface area contributed by atoms with E-state index in [1.807, 2.05) is 0 Å². The van der Waals surface area contributed by atoms with Gasteiger partial charge in [-0.05, 0) is 30.2 Å². The van der Waals surface area contributed by atoms with E-state index in [-0.39, 0.29) is 11.0 Å². The minimum absolute atomic E-state index is 0.0177. The molecule has 0 saturated carbocycles. The summed E-state index contributed by atoms with van der Waals surface area (Å²) in [5, 5.41) is 0.837. The van der Waals surface area contributed by atoms with Crippen molar-refractivity contribution in [1.82, 2.24) is 9.97 Å². The van der Waals surface area contributed by atoms with E-state index in [0.29, 0.717) is 0 Å². The summed E-state index contributed by atoms with van der Waals surface area (Å²) in [6.45, 7) is 4.46. The first-order valence-corrected chi connectivity index (χ1v) is 6.47. The molecule has 2 aromatic heterocycles. The second-order valence-corrected chi connectivity index (χ2v) is 5.81. The second-order valence-electron chi connectivity index (χ2n) is 4.73. The molecule has 0 radical (unpaired) electrons. The van der Waals surface area contributed by atoms with Crippen LogP contribution in [0.25, 0.3) is 10.2 Å². The normalized spacial score (nSPS) is 23.9. The average Bonchev–Trinajstić information content (AvgIpc) is 2.79. The molecule has 1 aliphatic rings. The van der Waals surface area contributed by atoms with E-state index in [1.165, 1.54) is 16.8 Å². The molecule has 1 aliphatic carbocycles. The summed E-state index contributed by atoms with van der Waals surface area (Å²) in [6, 6.07) is 0. The van der Waals surface area contributed by atoms with Gasteiger partial charge in [-0.2, -0.15) is 0 Å². The van der Waals surface area contributed by atoms with Crippen LogP contribution < -0.4 is 5.56 Å². The molecule has 3 rings (SSSR count). The van der Waals surface area contributed by atoms with Crippen molar-refractivity contribution in [3.05, 3.63) is 27.1 Å². The van der Waals surface area contributed by atoms with Crippen LogP contribution in [0.2, 0.25) is 0 Å². The van der Waals surface area contributed by atoms with Gasteiger partial charge in [0.05, 0.1) is 11.7 Å². The Morgan fingerprint density at radius 3 is 3.19 bits per heavy atom. The van der Waals surface area contributed by atoms with Gasteiger partial charge in [-0.25, -0.2) is 4.98 Å². The number of nitrogens with one attached hydrogen (secondary N) is 1. The highest BCUT2D eigenvalue weighted by Gasteiger charge is 2.37. The third kappa shape index (κ3) is 1.13. The third-order valence-electron chi connectivity index (χ3n) is 3.85. The number of aromatic amines is 1. The summed E-state index contributed by atoms with van der Waals surface area (Å²) in [5.74, 6) is 0. The lowest BCUT2D eigenvalue weighted by Crippen LogP contribution is -2.19. The van der Waals surface area contributed by atoms with Crippen molar-refractivity contribution in [1.29, 1.82) is 0 Å². The lowest BCUT2D eigenvalue weighted by atomic mass is 9.81. The summed E-state index contributed by atoms with van der Waals surface area (Å²) < 4.78 is 0. The van der Waals surface area contributed by atoms with Crippen LogP contribution in [0, 0.1) is 0 Å². The van der Waals surface area contributed by atoms with E-state index in [9.17, 15) is 4.79 Å². The number of nitrogens with zero attached hydrogens (tertiary/aromatic N) is 1. The maximum absolute atomic E-state index is 11.9. The summed E-state index contributed by atoms with van der Waals surface area (Å²) in [5.41, 5.74) is 1.46. The van der Waals surface area contributed by atoms with Crippen LogP contribution in [0.3, 0.4) is 0 Å². The van der Waals surface area contributed by atoms with E-state index in [2.05, 4.69) is 23.8 Å². The smallest absolute Gasteiger partial charge is 0.259 e. The highest BCUT2D eigenvalue weighted by atomic mass is 32.1. The van der Waals surface area contributed by atoms with Crippen molar-refractivity contribution in [3.63, 3.8) is 0 Å². The Morgan fingerprint density at radius 1 is 1.62 bits per heavy atom. The van der Waals surface area contributed by atoms with E-state index in [0.717, 1.165) is 29.5 Å². The van der Waals surface area contributed by atoms with Crippen molar-refractivity contribution < 1.29 is 0 Å². The van der Waals surface area contributed by atoms with Crippen molar-refractivity contribution in [2.45, 2.75) is 38.5 Å². The first kappa shape index (κ1) is 10.0. The lowest BCUT2D eigenvalue weighted by Gasteiger charge is -2.22. The standard InChI is InChI=1S/C12H14N2OS/c1-3-12(2)5-4-7-9(12)8-10(15)13-6-14-11(8)16-7/h6H,3-5H2,1-2H3,(H,13,14,15). The van der Waals surface area contributed by atoms with Gasteiger partial charge in [-0.15, -0.1) is 11.3 Å². The van der Waals surface area contributed by atoms with E-state index in [4.69, 9.17) is 0 Å². The monoisotopic (exact) mass is 234 g/mol. The zero-order chi connectivity index (χ0) is 11.3. The molecule has 1 atom stereocenters. The molecule has 1 N–H and O–H groups in total. The van der Waals surface area contributed by atoms with Crippen molar-refractivity contribution in [3.8, 4) is 0 Å². The molecule has 2 heterocycles. The molecule has 4 heteroatoms. The Hall–Kier alpha value is -1.16. The number of hydrogen-bond acceptors (Lipinski definition) is 3. The van der Waals surface area contributed by atoms with E-state index in [1.54, 1.807) is 11.3 Å².